The Morgan fingerprint density at radius 1 is 1.53 bits per heavy atom. The van der Waals surface area contributed by atoms with Crippen molar-refractivity contribution in [1.82, 2.24) is 30.2 Å². The number of amides is 1. The van der Waals surface area contributed by atoms with Crippen molar-refractivity contribution in [2.75, 3.05) is 6.54 Å². The van der Waals surface area contributed by atoms with E-state index in [-0.39, 0.29) is 5.69 Å². The fraction of sp³-hybridized carbons (Fsp3) is 0.400. The maximum atomic E-state index is 11.3. The van der Waals surface area contributed by atoms with Gasteiger partial charge in [-0.3, -0.25) is 15.1 Å². The van der Waals surface area contributed by atoms with Crippen LogP contribution in [0.5, 0.6) is 0 Å². The molecule has 0 atom stereocenters. The number of aromatic nitrogens is 4. The molecule has 2 aromatic rings. The maximum absolute atomic E-state index is 11.3. The van der Waals surface area contributed by atoms with Crippen molar-refractivity contribution in [2.24, 2.45) is 5.84 Å². The number of rotatable bonds is 3. The Hall–Kier alpha value is -2.26. The van der Waals surface area contributed by atoms with E-state index in [0.29, 0.717) is 18.8 Å². The monoisotopic (exact) mass is 263 g/mol. The number of fused-ring (bicyclic) bond motifs is 1. The van der Waals surface area contributed by atoms with Crippen LogP contribution in [-0.4, -0.2) is 37.3 Å². The van der Waals surface area contributed by atoms with Crippen molar-refractivity contribution in [3.8, 4) is 0 Å². The summed E-state index contributed by atoms with van der Waals surface area (Å²) in [7, 11) is 0. The van der Waals surface area contributed by atoms with Crippen LogP contribution in [0.2, 0.25) is 0 Å². The summed E-state index contributed by atoms with van der Waals surface area (Å²) in [4.78, 5) is 13.4. The molecule has 0 unspecified atom stereocenters. The van der Waals surface area contributed by atoms with Crippen molar-refractivity contribution in [3.63, 3.8) is 0 Å². The van der Waals surface area contributed by atoms with Crippen molar-refractivity contribution < 1.29 is 9.32 Å². The van der Waals surface area contributed by atoms with E-state index in [4.69, 9.17) is 10.4 Å². The van der Waals surface area contributed by atoms with Gasteiger partial charge in [0.25, 0.3) is 5.91 Å². The van der Waals surface area contributed by atoms with Crippen LogP contribution in [0.3, 0.4) is 0 Å². The lowest BCUT2D eigenvalue weighted by Gasteiger charge is -2.25. The highest BCUT2D eigenvalue weighted by molar-refractivity contribution is 5.91. The fourth-order valence-electron chi connectivity index (χ4n) is 2.04. The van der Waals surface area contributed by atoms with Gasteiger partial charge < -0.3 is 9.09 Å². The van der Waals surface area contributed by atoms with Gasteiger partial charge in [0.1, 0.15) is 12.2 Å². The molecule has 0 fully saturated rings. The molecular formula is C10H13N7O2. The molecule has 9 heteroatoms. The van der Waals surface area contributed by atoms with Gasteiger partial charge in [0, 0.05) is 19.2 Å². The van der Waals surface area contributed by atoms with Crippen LogP contribution in [0.4, 0.5) is 0 Å². The Balaban J connectivity index is 1.66. The fourth-order valence-corrected chi connectivity index (χ4v) is 2.04. The lowest BCUT2D eigenvalue weighted by molar-refractivity contribution is 0.0944. The molecule has 0 bridgehead atoms. The molecule has 1 aliphatic heterocycles. The average Bonchev–Trinajstić information content (AvgIpc) is 3.06. The zero-order valence-corrected chi connectivity index (χ0v) is 10.1. The number of hydrogen-bond donors (Lipinski definition) is 2. The molecule has 2 aromatic heterocycles. The molecule has 0 aliphatic carbocycles. The van der Waals surface area contributed by atoms with E-state index < -0.39 is 5.91 Å². The lowest BCUT2D eigenvalue weighted by atomic mass is 10.3. The molecule has 1 amide bonds. The average molecular weight is 263 g/mol. The molecule has 0 spiro atoms. The highest BCUT2D eigenvalue weighted by atomic mass is 16.5. The highest BCUT2D eigenvalue weighted by Gasteiger charge is 2.19. The Morgan fingerprint density at radius 2 is 2.42 bits per heavy atom. The largest absolute Gasteiger partial charge is 0.359 e. The summed E-state index contributed by atoms with van der Waals surface area (Å²) in [6.45, 7) is 2.97. The van der Waals surface area contributed by atoms with E-state index in [1.165, 1.54) is 0 Å². The Morgan fingerprint density at radius 3 is 3.26 bits per heavy atom. The number of nitrogen functional groups attached to an aromatic ring is 1. The minimum absolute atomic E-state index is 0.178. The van der Waals surface area contributed by atoms with Crippen LogP contribution in [0.25, 0.3) is 0 Å². The smallest absolute Gasteiger partial charge is 0.287 e. The van der Waals surface area contributed by atoms with Gasteiger partial charge in [0.15, 0.2) is 11.5 Å². The number of carbonyl (C=O) groups is 1. The molecule has 100 valence electrons. The van der Waals surface area contributed by atoms with Crippen LogP contribution in [0, 0.1) is 0 Å². The quantitative estimate of drug-likeness (QED) is 0.409. The predicted molar refractivity (Wildman–Crippen MR) is 62.3 cm³/mol. The van der Waals surface area contributed by atoms with Gasteiger partial charge in [-0.15, -0.1) is 10.2 Å². The highest BCUT2D eigenvalue weighted by Crippen LogP contribution is 2.13. The van der Waals surface area contributed by atoms with Gasteiger partial charge in [-0.2, -0.15) is 0 Å². The van der Waals surface area contributed by atoms with Crippen molar-refractivity contribution >= 4 is 5.91 Å². The van der Waals surface area contributed by atoms with Gasteiger partial charge in [-0.1, -0.05) is 5.16 Å². The molecule has 0 saturated heterocycles. The Kier molecular flexibility index (Phi) is 2.97. The number of hydrogen-bond acceptors (Lipinski definition) is 7. The number of hydrazine groups is 1. The van der Waals surface area contributed by atoms with Crippen LogP contribution >= 0.6 is 0 Å². The summed E-state index contributed by atoms with van der Waals surface area (Å²) < 4.78 is 7.13. The molecule has 0 aromatic carbocycles. The number of carbonyl (C=O) groups excluding carboxylic acids is 1. The first kappa shape index (κ1) is 11.8. The Bertz CT molecular complexity index is 590. The van der Waals surface area contributed by atoms with Gasteiger partial charge in [0.2, 0.25) is 0 Å². The summed E-state index contributed by atoms with van der Waals surface area (Å²) in [5, 5.41) is 11.6. The number of nitrogens with one attached hydrogen (secondary N) is 1. The summed E-state index contributed by atoms with van der Waals surface area (Å²) in [6.07, 6.45) is 1.73. The minimum atomic E-state index is -0.464. The molecule has 0 radical (unpaired) electrons. The molecule has 3 rings (SSSR count). The van der Waals surface area contributed by atoms with E-state index in [1.807, 2.05) is 9.99 Å². The third kappa shape index (κ3) is 2.33. The van der Waals surface area contributed by atoms with E-state index in [2.05, 4.69) is 20.3 Å². The molecule has 3 heterocycles. The maximum Gasteiger partial charge on any atom is 0.287 e. The topological polar surface area (TPSA) is 115 Å². The first-order chi connectivity index (χ1) is 9.26. The van der Waals surface area contributed by atoms with Crippen molar-refractivity contribution in [3.05, 3.63) is 29.7 Å². The molecular weight excluding hydrogens is 250 g/mol. The summed E-state index contributed by atoms with van der Waals surface area (Å²) in [6, 6.07) is 1.58. The molecule has 3 N–H and O–H groups in total. The van der Waals surface area contributed by atoms with Crippen LogP contribution < -0.4 is 11.3 Å². The van der Waals surface area contributed by atoms with Crippen molar-refractivity contribution in [1.29, 1.82) is 0 Å². The Labute approximate surface area is 108 Å². The van der Waals surface area contributed by atoms with Gasteiger partial charge in [-0.25, -0.2) is 5.84 Å². The molecule has 19 heavy (non-hydrogen) atoms. The van der Waals surface area contributed by atoms with E-state index in [0.717, 1.165) is 18.9 Å². The first-order valence-corrected chi connectivity index (χ1v) is 5.82. The van der Waals surface area contributed by atoms with Crippen molar-refractivity contribution in [2.45, 2.75) is 19.6 Å². The van der Waals surface area contributed by atoms with E-state index in [9.17, 15) is 4.79 Å². The number of nitrogens with two attached hydrogens (primary N) is 1. The van der Waals surface area contributed by atoms with Crippen LogP contribution in [0.15, 0.2) is 16.9 Å². The SMILES string of the molecule is NNC(=O)c1cc(CN2CCn3cnnc3C2)on1. The second kappa shape index (κ2) is 4.78. The predicted octanol–water partition coefficient (Wildman–Crippen LogP) is -1.11. The third-order valence-electron chi connectivity index (χ3n) is 3.02. The van der Waals surface area contributed by atoms with E-state index in [1.54, 1.807) is 12.4 Å². The van der Waals surface area contributed by atoms with Gasteiger partial charge >= 0.3 is 0 Å². The second-order valence-electron chi connectivity index (χ2n) is 4.30. The molecule has 0 saturated carbocycles. The second-order valence-corrected chi connectivity index (χ2v) is 4.30. The van der Waals surface area contributed by atoms with Gasteiger partial charge in [0.05, 0.1) is 13.1 Å². The van der Waals surface area contributed by atoms with Gasteiger partial charge in [-0.05, 0) is 0 Å². The molecule has 9 nitrogen and oxygen atoms in total. The van der Waals surface area contributed by atoms with Crippen LogP contribution in [0.1, 0.15) is 22.1 Å². The lowest BCUT2D eigenvalue weighted by Crippen LogP contribution is -2.33. The number of nitrogens with zero attached hydrogens (tertiary/aromatic N) is 5. The normalized spacial score (nSPS) is 15.2. The zero-order chi connectivity index (χ0) is 13.2. The van der Waals surface area contributed by atoms with E-state index >= 15 is 0 Å². The molecule has 1 aliphatic rings. The standard InChI is InChI=1S/C10H13N7O2/c11-13-10(18)8-3-7(19-15-8)4-16-1-2-17-6-12-14-9(17)5-16/h3,6H,1-2,4-5,11H2,(H,13,18). The third-order valence-corrected chi connectivity index (χ3v) is 3.02. The first-order valence-electron chi connectivity index (χ1n) is 5.82. The zero-order valence-electron chi connectivity index (χ0n) is 10.1. The summed E-state index contributed by atoms with van der Waals surface area (Å²) in [5.74, 6) is 6.10. The summed E-state index contributed by atoms with van der Waals surface area (Å²) in [5.41, 5.74) is 2.19. The minimum Gasteiger partial charge on any atom is -0.359 e. The summed E-state index contributed by atoms with van der Waals surface area (Å²) >= 11 is 0. The van der Waals surface area contributed by atoms with Crippen LogP contribution in [-0.2, 0) is 19.6 Å².